The molecule has 1 unspecified atom stereocenters. The van der Waals surface area contributed by atoms with Gasteiger partial charge in [0.2, 0.25) is 0 Å². The van der Waals surface area contributed by atoms with Crippen molar-refractivity contribution >= 4 is 11.7 Å². The SMILES string of the molecule is CC1CCCN(c2cnc(C(=O)NC(C)(C)C)cn2)C1. The Morgan fingerprint density at radius 1 is 1.35 bits per heavy atom. The summed E-state index contributed by atoms with van der Waals surface area (Å²) in [5, 5.41) is 2.89. The maximum absolute atomic E-state index is 12.0. The highest BCUT2D eigenvalue weighted by Gasteiger charge is 2.19. The van der Waals surface area contributed by atoms with Crippen LogP contribution >= 0.6 is 0 Å². The molecule has 1 aromatic rings. The van der Waals surface area contributed by atoms with E-state index < -0.39 is 0 Å². The molecule has 0 bridgehead atoms. The summed E-state index contributed by atoms with van der Waals surface area (Å²) in [5.41, 5.74) is 0.105. The lowest BCUT2D eigenvalue weighted by molar-refractivity contribution is 0.0914. The van der Waals surface area contributed by atoms with Crippen LogP contribution in [0.3, 0.4) is 0 Å². The summed E-state index contributed by atoms with van der Waals surface area (Å²) in [6, 6.07) is 0. The molecule has 0 radical (unpaired) electrons. The van der Waals surface area contributed by atoms with Crippen molar-refractivity contribution in [3.8, 4) is 0 Å². The molecule has 5 heteroatoms. The summed E-state index contributed by atoms with van der Waals surface area (Å²) >= 11 is 0. The number of rotatable bonds is 2. The van der Waals surface area contributed by atoms with Gasteiger partial charge in [0.25, 0.3) is 5.91 Å². The minimum absolute atomic E-state index is 0.177. The van der Waals surface area contributed by atoms with Crippen molar-refractivity contribution in [3.05, 3.63) is 18.1 Å². The smallest absolute Gasteiger partial charge is 0.271 e. The first-order valence-electron chi connectivity index (χ1n) is 7.24. The van der Waals surface area contributed by atoms with Crippen LogP contribution in [0.1, 0.15) is 51.0 Å². The van der Waals surface area contributed by atoms with E-state index in [0.29, 0.717) is 11.6 Å². The van der Waals surface area contributed by atoms with Crippen LogP contribution < -0.4 is 10.2 Å². The van der Waals surface area contributed by atoms with Crippen LogP contribution in [0, 0.1) is 5.92 Å². The van der Waals surface area contributed by atoms with Crippen LogP contribution in [0.5, 0.6) is 0 Å². The van der Waals surface area contributed by atoms with Gasteiger partial charge in [-0.1, -0.05) is 6.92 Å². The molecule has 1 aromatic heterocycles. The molecule has 0 aromatic carbocycles. The number of carbonyl (C=O) groups excluding carboxylic acids is 1. The van der Waals surface area contributed by atoms with Gasteiger partial charge >= 0.3 is 0 Å². The molecule has 110 valence electrons. The monoisotopic (exact) mass is 276 g/mol. The first-order valence-corrected chi connectivity index (χ1v) is 7.24. The third kappa shape index (κ3) is 3.92. The molecule has 0 saturated carbocycles. The second kappa shape index (κ2) is 5.77. The van der Waals surface area contributed by atoms with Gasteiger partial charge in [-0.05, 0) is 39.5 Å². The van der Waals surface area contributed by atoms with E-state index in [1.807, 2.05) is 20.8 Å². The molecule has 1 saturated heterocycles. The Labute approximate surface area is 120 Å². The van der Waals surface area contributed by atoms with E-state index in [9.17, 15) is 4.79 Å². The fraction of sp³-hybridized carbons (Fsp3) is 0.667. The molecule has 1 atom stereocenters. The predicted octanol–water partition coefficient (Wildman–Crippen LogP) is 2.24. The normalized spacial score (nSPS) is 19.8. The Kier molecular flexibility index (Phi) is 4.26. The lowest BCUT2D eigenvalue weighted by Crippen LogP contribution is -2.41. The third-order valence-corrected chi connectivity index (χ3v) is 3.34. The van der Waals surface area contributed by atoms with Crippen LogP contribution in [-0.4, -0.2) is 34.5 Å². The van der Waals surface area contributed by atoms with E-state index in [2.05, 4.69) is 27.1 Å². The van der Waals surface area contributed by atoms with Gasteiger partial charge in [0, 0.05) is 18.6 Å². The topological polar surface area (TPSA) is 58.1 Å². The van der Waals surface area contributed by atoms with E-state index in [1.54, 1.807) is 12.4 Å². The second-order valence-electron chi connectivity index (χ2n) is 6.66. The molecule has 2 rings (SSSR count). The van der Waals surface area contributed by atoms with Gasteiger partial charge in [0.15, 0.2) is 0 Å². The lowest BCUT2D eigenvalue weighted by Gasteiger charge is -2.31. The second-order valence-corrected chi connectivity index (χ2v) is 6.66. The molecular formula is C15H24N4O. The highest BCUT2D eigenvalue weighted by Crippen LogP contribution is 2.20. The van der Waals surface area contributed by atoms with Crippen molar-refractivity contribution < 1.29 is 4.79 Å². The number of carbonyl (C=O) groups is 1. The molecule has 1 aliphatic rings. The Bertz CT molecular complexity index is 464. The Balaban J connectivity index is 2.04. The van der Waals surface area contributed by atoms with Crippen molar-refractivity contribution in [2.75, 3.05) is 18.0 Å². The molecule has 1 aliphatic heterocycles. The maximum Gasteiger partial charge on any atom is 0.271 e. The van der Waals surface area contributed by atoms with Gasteiger partial charge in [-0.15, -0.1) is 0 Å². The zero-order chi connectivity index (χ0) is 14.8. The number of nitrogens with zero attached hydrogens (tertiary/aromatic N) is 3. The molecule has 1 fully saturated rings. The highest BCUT2D eigenvalue weighted by molar-refractivity contribution is 5.92. The molecule has 1 N–H and O–H groups in total. The van der Waals surface area contributed by atoms with Crippen LogP contribution in [0.25, 0.3) is 0 Å². The Morgan fingerprint density at radius 3 is 2.65 bits per heavy atom. The van der Waals surface area contributed by atoms with E-state index in [1.165, 1.54) is 12.8 Å². The van der Waals surface area contributed by atoms with Crippen LogP contribution in [-0.2, 0) is 0 Å². The number of aromatic nitrogens is 2. The number of hydrogen-bond acceptors (Lipinski definition) is 4. The molecule has 2 heterocycles. The van der Waals surface area contributed by atoms with Gasteiger partial charge in [0.05, 0.1) is 12.4 Å². The minimum Gasteiger partial charge on any atom is -0.355 e. The number of amides is 1. The molecule has 5 nitrogen and oxygen atoms in total. The quantitative estimate of drug-likeness (QED) is 0.900. The van der Waals surface area contributed by atoms with E-state index in [0.717, 1.165) is 18.9 Å². The zero-order valence-electron chi connectivity index (χ0n) is 12.8. The molecule has 0 aliphatic carbocycles. The average molecular weight is 276 g/mol. The van der Waals surface area contributed by atoms with Gasteiger partial charge in [-0.2, -0.15) is 0 Å². The largest absolute Gasteiger partial charge is 0.355 e. The number of nitrogens with one attached hydrogen (secondary N) is 1. The lowest BCUT2D eigenvalue weighted by atomic mass is 10.0. The first kappa shape index (κ1) is 14.8. The summed E-state index contributed by atoms with van der Waals surface area (Å²) in [5.74, 6) is 1.38. The zero-order valence-corrected chi connectivity index (χ0v) is 12.8. The van der Waals surface area contributed by atoms with Crippen molar-refractivity contribution in [1.29, 1.82) is 0 Å². The van der Waals surface area contributed by atoms with Crippen LogP contribution in [0.4, 0.5) is 5.82 Å². The fourth-order valence-corrected chi connectivity index (χ4v) is 2.40. The van der Waals surface area contributed by atoms with Crippen molar-refractivity contribution in [2.45, 2.75) is 46.1 Å². The summed E-state index contributed by atoms with van der Waals surface area (Å²) < 4.78 is 0. The van der Waals surface area contributed by atoms with E-state index in [-0.39, 0.29) is 11.4 Å². The van der Waals surface area contributed by atoms with Gasteiger partial charge < -0.3 is 10.2 Å². The predicted molar refractivity (Wildman–Crippen MR) is 79.9 cm³/mol. The molecule has 0 spiro atoms. The molecular weight excluding hydrogens is 252 g/mol. The van der Waals surface area contributed by atoms with Crippen molar-refractivity contribution in [1.82, 2.24) is 15.3 Å². The summed E-state index contributed by atoms with van der Waals surface area (Å²) in [6.07, 6.45) is 5.73. The average Bonchev–Trinajstić information content (AvgIpc) is 2.37. The Morgan fingerprint density at radius 2 is 2.10 bits per heavy atom. The number of hydrogen-bond donors (Lipinski definition) is 1. The van der Waals surface area contributed by atoms with Crippen LogP contribution in [0.2, 0.25) is 0 Å². The van der Waals surface area contributed by atoms with E-state index >= 15 is 0 Å². The number of anilines is 1. The Hall–Kier alpha value is -1.65. The standard InChI is InChI=1S/C15H24N4O/c1-11-6-5-7-19(10-11)13-9-16-12(8-17-13)14(20)18-15(2,3)4/h8-9,11H,5-7,10H2,1-4H3,(H,18,20). The summed E-state index contributed by atoms with van der Waals surface area (Å²) in [6.45, 7) is 10.1. The summed E-state index contributed by atoms with van der Waals surface area (Å²) in [4.78, 5) is 22.9. The third-order valence-electron chi connectivity index (χ3n) is 3.34. The maximum atomic E-state index is 12.0. The number of piperidine rings is 1. The van der Waals surface area contributed by atoms with Gasteiger partial charge in [0.1, 0.15) is 11.5 Å². The van der Waals surface area contributed by atoms with Crippen molar-refractivity contribution in [3.63, 3.8) is 0 Å². The first-order chi connectivity index (χ1) is 9.35. The molecule has 1 amide bonds. The summed E-state index contributed by atoms with van der Waals surface area (Å²) in [7, 11) is 0. The van der Waals surface area contributed by atoms with Crippen molar-refractivity contribution in [2.24, 2.45) is 5.92 Å². The van der Waals surface area contributed by atoms with Crippen LogP contribution in [0.15, 0.2) is 12.4 Å². The fourth-order valence-electron chi connectivity index (χ4n) is 2.40. The molecule has 20 heavy (non-hydrogen) atoms. The van der Waals surface area contributed by atoms with Gasteiger partial charge in [-0.3, -0.25) is 4.79 Å². The minimum atomic E-state index is -0.264. The highest BCUT2D eigenvalue weighted by atomic mass is 16.2. The van der Waals surface area contributed by atoms with Gasteiger partial charge in [-0.25, -0.2) is 9.97 Å². The van der Waals surface area contributed by atoms with E-state index in [4.69, 9.17) is 0 Å².